The zero-order valence-corrected chi connectivity index (χ0v) is 10.8. The molecule has 0 heterocycles. The third-order valence-corrected chi connectivity index (χ3v) is 2.37. The molecule has 0 N–H and O–H groups in total. The standard InChI is InChI=1S/C8H18O2.C6H6/c1-7(2)8(5-9-3)6-10-4;1-2-4-6-5-3-1/h7-8H,5-6H2,1-4H3;1-6H. The van der Waals surface area contributed by atoms with Crippen molar-refractivity contribution in [3.63, 3.8) is 0 Å². The predicted molar refractivity (Wildman–Crippen MR) is 68.5 cm³/mol. The van der Waals surface area contributed by atoms with E-state index in [1.807, 2.05) is 36.4 Å². The van der Waals surface area contributed by atoms with Gasteiger partial charge in [-0.15, -0.1) is 0 Å². The Kier molecular flexibility index (Phi) is 10.1. The highest BCUT2D eigenvalue weighted by atomic mass is 16.5. The topological polar surface area (TPSA) is 18.5 Å². The van der Waals surface area contributed by atoms with Crippen molar-refractivity contribution in [2.75, 3.05) is 27.4 Å². The Labute approximate surface area is 99.6 Å². The van der Waals surface area contributed by atoms with Crippen LogP contribution in [0.1, 0.15) is 13.8 Å². The van der Waals surface area contributed by atoms with Crippen LogP contribution in [0.15, 0.2) is 36.4 Å². The minimum absolute atomic E-state index is 0.537. The molecule has 0 aliphatic heterocycles. The average Bonchev–Trinajstić information content (AvgIpc) is 2.32. The van der Waals surface area contributed by atoms with E-state index in [1.54, 1.807) is 14.2 Å². The van der Waals surface area contributed by atoms with Gasteiger partial charge in [0.05, 0.1) is 13.2 Å². The van der Waals surface area contributed by atoms with Crippen molar-refractivity contribution in [2.24, 2.45) is 11.8 Å². The lowest BCUT2D eigenvalue weighted by molar-refractivity contribution is 0.0623. The molecule has 0 atom stereocenters. The van der Waals surface area contributed by atoms with E-state index in [0.717, 1.165) is 13.2 Å². The van der Waals surface area contributed by atoms with Crippen LogP contribution in [0.2, 0.25) is 0 Å². The van der Waals surface area contributed by atoms with Crippen LogP contribution in [0.25, 0.3) is 0 Å². The molecule has 16 heavy (non-hydrogen) atoms. The third kappa shape index (κ3) is 8.45. The number of rotatable bonds is 5. The molecule has 0 spiro atoms. The molecule has 92 valence electrons. The van der Waals surface area contributed by atoms with Crippen molar-refractivity contribution in [1.82, 2.24) is 0 Å². The fourth-order valence-electron chi connectivity index (χ4n) is 1.25. The number of ether oxygens (including phenoxy) is 2. The smallest absolute Gasteiger partial charge is 0.0514 e. The molecule has 0 unspecified atom stereocenters. The van der Waals surface area contributed by atoms with Gasteiger partial charge in [0, 0.05) is 20.1 Å². The molecule has 0 saturated carbocycles. The van der Waals surface area contributed by atoms with Gasteiger partial charge >= 0.3 is 0 Å². The minimum Gasteiger partial charge on any atom is -0.384 e. The number of methoxy groups -OCH3 is 2. The normalized spacial score (nSPS) is 10.1. The van der Waals surface area contributed by atoms with Gasteiger partial charge in [-0.1, -0.05) is 50.2 Å². The second-order valence-electron chi connectivity index (χ2n) is 4.07. The fraction of sp³-hybridized carbons (Fsp3) is 0.571. The summed E-state index contributed by atoms with van der Waals surface area (Å²) in [6, 6.07) is 12.0. The molecule has 0 saturated heterocycles. The van der Waals surface area contributed by atoms with Gasteiger partial charge in [-0.25, -0.2) is 0 Å². The van der Waals surface area contributed by atoms with Crippen LogP contribution in [0.4, 0.5) is 0 Å². The molecule has 0 aliphatic rings. The van der Waals surface area contributed by atoms with Crippen LogP contribution in [0.3, 0.4) is 0 Å². The fourth-order valence-corrected chi connectivity index (χ4v) is 1.25. The summed E-state index contributed by atoms with van der Waals surface area (Å²) >= 11 is 0. The van der Waals surface area contributed by atoms with Crippen molar-refractivity contribution in [2.45, 2.75) is 13.8 Å². The van der Waals surface area contributed by atoms with Gasteiger partial charge in [0.2, 0.25) is 0 Å². The molecule has 0 bridgehead atoms. The molecule has 1 aromatic rings. The quantitative estimate of drug-likeness (QED) is 0.764. The van der Waals surface area contributed by atoms with Gasteiger partial charge in [-0.2, -0.15) is 0 Å². The highest BCUT2D eigenvalue weighted by Crippen LogP contribution is 2.10. The van der Waals surface area contributed by atoms with E-state index in [4.69, 9.17) is 9.47 Å². The molecule has 1 rings (SSSR count). The molecule has 0 aromatic heterocycles. The summed E-state index contributed by atoms with van der Waals surface area (Å²) in [5, 5.41) is 0. The largest absolute Gasteiger partial charge is 0.384 e. The Morgan fingerprint density at radius 2 is 1.06 bits per heavy atom. The lowest BCUT2D eigenvalue weighted by atomic mass is 9.98. The van der Waals surface area contributed by atoms with Crippen LogP contribution in [0, 0.1) is 11.8 Å². The van der Waals surface area contributed by atoms with Crippen molar-refractivity contribution < 1.29 is 9.47 Å². The second-order valence-corrected chi connectivity index (χ2v) is 4.07. The van der Waals surface area contributed by atoms with Crippen molar-refractivity contribution in [1.29, 1.82) is 0 Å². The maximum Gasteiger partial charge on any atom is 0.0514 e. The van der Waals surface area contributed by atoms with E-state index in [9.17, 15) is 0 Å². The van der Waals surface area contributed by atoms with Gasteiger partial charge in [0.1, 0.15) is 0 Å². The van der Waals surface area contributed by atoms with E-state index >= 15 is 0 Å². The lowest BCUT2D eigenvalue weighted by Crippen LogP contribution is -2.20. The first kappa shape index (κ1) is 15.1. The Bertz CT molecular complexity index is 189. The molecule has 0 fully saturated rings. The van der Waals surface area contributed by atoms with Crippen molar-refractivity contribution in [3.05, 3.63) is 36.4 Å². The Balaban J connectivity index is 0.000000315. The van der Waals surface area contributed by atoms with Crippen LogP contribution >= 0.6 is 0 Å². The summed E-state index contributed by atoms with van der Waals surface area (Å²) in [6.45, 7) is 5.96. The SMILES string of the molecule is COCC(COC)C(C)C.c1ccccc1. The first-order valence-corrected chi connectivity index (χ1v) is 5.70. The first-order valence-electron chi connectivity index (χ1n) is 5.70. The molecule has 2 heteroatoms. The molecule has 0 aliphatic carbocycles. The van der Waals surface area contributed by atoms with Crippen molar-refractivity contribution in [3.8, 4) is 0 Å². The Hall–Kier alpha value is -0.860. The second kappa shape index (κ2) is 10.7. The van der Waals surface area contributed by atoms with Crippen LogP contribution < -0.4 is 0 Å². The van der Waals surface area contributed by atoms with Crippen molar-refractivity contribution >= 4 is 0 Å². The summed E-state index contributed by atoms with van der Waals surface area (Å²) in [5.41, 5.74) is 0. The summed E-state index contributed by atoms with van der Waals surface area (Å²) in [6.07, 6.45) is 0. The molecular formula is C14H24O2. The van der Waals surface area contributed by atoms with Crippen LogP contribution in [-0.2, 0) is 9.47 Å². The zero-order valence-electron chi connectivity index (χ0n) is 10.8. The monoisotopic (exact) mass is 224 g/mol. The van der Waals surface area contributed by atoms with Gasteiger partial charge in [0.25, 0.3) is 0 Å². The Morgan fingerprint density at radius 1 is 0.750 bits per heavy atom. The average molecular weight is 224 g/mol. The lowest BCUT2D eigenvalue weighted by Gasteiger charge is -2.18. The maximum absolute atomic E-state index is 5.04. The van der Waals surface area contributed by atoms with Crippen LogP contribution in [0.5, 0.6) is 0 Å². The van der Waals surface area contributed by atoms with Gasteiger partial charge < -0.3 is 9.47 Å². The van der Waals surface area contributed by atoms with E-state index in [0.29, 0.717) is 11.8 Å². The van der Waals surface area contributed by atoms with E-state index in [-0.39, 0.29) is 0 Å². The third-order valence-electron chi connectivity index (χ3n) is 2.37. The molecular weight excluding hydrogens is 200 g/mol. The summed E-state index contributed by atoms with van der Waals surface area (Å²) in [7, 11) is 3.45. The first-order chi connectivity index (χ1) is 7.72. The highest BCUT2D eigenvalue weighted by molar-refractivity contribution is 4.99. The van der Waals surface area contributed by atoms with E-state index in [2.05, 4.69) is 13.8 Å². The molecule has 1 aromatic carbocycles. The number of hydrogen-bond acceptors (Lipinski definition) is 2. The Morgan fingerprint density at radius 3 is 1.25 bits per heavy atom. The minimum atomic E-state index is 0.537. The molecule has 2 nitrogen and oxygen atoms in total. The summed E-state index contributed by atoms with van der Waals surface area (Å²) < 4.78 is 10.1. The van der Waals surface area contributed by atoms with Gasteiger partial charge in [-0.3, -0.25) is 0 Å². The number of benzene rings is 1. The van der Waals surface area contributed by atoms with Gasteiger partial charge in [0.15, 0.2) is 0 Å². The summed E-state index contributed by atoms with van der Waals surface area (Å²) in [4.78, 5) is 0. The maximum atomic E-state index is 5.04. The highest BCUT2D eigenvalue weighted by Gasteiger charge is 2.11. The number of hydrogen-bond donors (Lipinski definition) is 0. The predicted octanol–water partition coefficient (Wildman–Crippen LogP) is 3.24. The molecule has 0 radical (unpaired) electrons. The van der Waals surface area contributed by atoms with Gasteiger partial charge in [-0.05, 0) is 5.92 Å². The summed E-state index contributed by atoms with van der Waals surface area (Å²) in [5.74, 6) is 1.18. The molecule has 0 amide bonds. The zero-order chi connectivity index (χ0) is 12.2. The van der Waals surface area contributed by atoms with Crippen LogP contribution in [-0.4, -0.2) is 27.4 Å². The van der Waals surface area contributed by atoms with E-state index in [1.165, 1.54) is 0 Å². The van der Waals surface area contributed by atoms with E-state index < -0.39 is 0 Å².